The van der Waals surface area contributed by atoms with Crippen LogP contribution in [0.15, 0.2) is 36.4 Å². The van der Waals surface area contributed by atoms with Crippen molar-refractivity contribution in [2.24, 2.45) is 0 Å². The zero-order chi connectivity index (χ0) is 17.8. The molecule has 6 nitrogen and oxygen atoms in total. The fourth-order valence-electron chi connectivity index (χ4n) is 3.48. The van der Waals surface area contributed by atoms with E-state index >= 15 is 0 Å². The van der Waals surface area contributed by atoms with Gasteiger partial charge in [-0.15, -0.1) is 0 Å². The SMILES string of the molecule is CN1CCN(c2cc(-c3ccccc3)nc(NCC3CCCO3)n2)CC1. The van der Waals surface area contributed by atoms with Crippen LogP contribution in [-0.2, 0) is 4.74 Å². The number of piperazine rings is 1. The van der Waals surface area contributed by atoms with Gasteiger partial charge in [-0.1, -0.05) is 30.3 Å². The maximum absolute atomic E-state index is 5.71. The Morgan fingerprint density at radius 2 is 1.92 bits per heavy atom. The van der Waals surface area contributed by atoms with Gasteiger partial charge in [0, 0.05) is 51.0 Å². The number of benzene rings is 1. The van der Waals surface area contributed by atoms with Crippen LogP contribution in [0.4, 0.5) is 11.8 Å². The molecule has 0 amide bonds. The normalized spacial score (nSPS) is 21.1. The Balaban J connectivity index is 1.58. The summed E-state index contributed by atoms with van der Waals surface area (Å²) in [7, 11) is 2.17. The Hall–Kier alpha value is -2.18. The molecule has 4 rings (SSSR count). The highest BCUT2D eigenvalue weighted by Gasteiger charge is 2.19. The molecule has 1 N–H and O–H groups in total. The van der Waals surface area contributed by atoms with E-state index in [1.165, 1.54) is 0 Å². The van der Waals surface area contributed by atoms with E-state index in [9.17, 15) is 0 Å². The summed E-state index contributed by atoms with van der Waals surface area (Å²) >= 11 is 0. The molecule has 2 aromatic rings. The van der Waals surface area contributed by atoms with Gasteiger partial charge in [-0.05, 0) is 19.9 Å². The number of rotatable bonds is 5. The lowest BCUT2D eigenvalue weighted by Crippen LogP contribution is -2.44. The number of ether oxygens (including phenoxy) is 1. The highest BCUT2D eigenvalue weighted by atomic mass is 16.5. The van der Waals surface area contributed by atoms with E-state index in [2.05, 4.69) is 40.4 Å². The minimum atomic E-state index is 0.270. The Kier molecular flexibility index (Phi) is 5.32. The van der Waals surface area contributed by atoms with E-state index in [1.807, 2.05) is 18.2 Å². The number of hydrogen-bond acceptors (Lipinski definition) is 6. The second-order valence-corrected chi connectivity index (χ2v) is 7.11. The smallest absolute Gasteiger partial charge is 0.225 e. The van der Waals surface area contributed by atoms with Crippen molar-refractivity contribution in [2.45, 2.75) is 18.9 Å². The Bertz CT molecular complexity index is 709. The minimum Gasteiger partial charge on any atom is -0.376 e. The van der Waals surface area contributed by atoms with Crippen molar-refractivity contribution in [1.29, 1.82) is 0 Å². The van der Waals surface area contributed by atoms with Crippen LogP contribution in [-0.4, -0.2) is 67.4 Å². The Morgan fingerprint density at radius 1 is 1.12 bits per heavy atom. The van der Waals surface area contributed by atoms with Crippen LogP contribution in [0.5, 0.6) is 0 Å². The van der Waals surface area contributed by atoms with Gasteiger partial charge in [-0.2, -0.15) is 4.98 Å². The average molecular weight is 353 g/mol. The molecule has 2 saturated heterocycles. The van der Waals surface area contributed by atoms with E-state index in [-0.39, 0.29) is 6.10 Å². The van der Waals surface area contributed by atoms with Crippen LogP contribution < -0.4 is 10.2 Å². The maximum Gasteiger partial charge on any atom is 0.225 e. The molecule has 6 heteroatoms. The quantitative estimate of drug-likeness (QED) is 0.891. The summed E-state index contributed by atoms with van der Waals surface area (Å²) in [5.41, 5.74) is 2.08. The van der Waals surface area contributed by atoms with Crippen molar-refractivity contribution in [3.05, 3.63) is 36.4 Å². The van der Waals surface area contributed by atoms with E-state index in [0.29, 0.717) is 5.95 Å². The third kappa shape index (κ3) is 4.14. The lowest BCUT2D eigenvalue weighted by Gasteiger charge is -2.33. The summed E-state index contributed by atoms with van der Waals surface area (Å²) in [4.78, 5) is 14.3. The molecule has 2 fully saturated rings. The van der Waals surface area contributed by atoms with Gasteiger partial charge >= 0.3 is 0 Å². The summed E-state index contributed by atoms with van der Waals surface area (Å²) < 4.78 is 5.71. The predicted octanol–water partition coefficient (Wildman–Crippen LogP) is 2.49. The van der Waals surface area contributed by atoms with Crippen molar-refractivity contribution in [2.75, 3.05) is 56.6 Å². The van der Waals surface area contributed by atoms with Crippen molar-refractivity contribution in [1.82, 2.24) is 14.9 Å². The first kappa shape index (κ1) is 17.2. The highest BCUT2D eigenvalue weighted by Crippen LogP contribution is 2.24. The number of hydrogen-bond donors (Lipinski definition) is 1. The van der Waals surface area contributed by atoms with Gasteiger partial charge in [0.1, 0.15) is 5.82 Å². The number of nitrogens with one attached hydrogen (secondary N) is 1. The van der Waals surface area contributed by atoms with Gasteiger partial charge in [0.25, 0.3) is 0 Å². The number of anilines is 2. The number of likely N-dealkylation sites (N-methyl/N-ethyl adjacent to an activating group) is 1. The molecule has 1 aromatic carbocycles. The molecule has 2 aliphatic rings. The fraction of sp³-hybridized carbons (Fsp3) is 0.500. The van der Waals surface area contributed by atoms with E-state index in [1.54, 1.807) is 0 Å². The molecule has 1 atom stereocenters. The van der Waals surface area contributed by atoms with E-state index < -0.39 is 0 Å². The summed E-state index contributed by atoms with van der Waals surface area (Å²) in [6, 6.07) is 12.4. The summed E-state index contributed by atoms with van der Waals surface area (Å²) in [6.45, 7) is 5.73. The molecular formula is C20H27N5O. The Labute approximate surface area is 155 Å². The van der Waals surface area contributed by atoms with Gasteiger partial charge in [0.2, 0.25) is 5.95 Å². The second kappa shape index (κ2) is 8.01. The molecule has 1 aromatic heterocycles. The van der Waals surface area contributed by atoms with Crippen LogP contribution in [0, 0.1) is 0 Å². The van der Waals surface area contributed by atoms with Gasteiger partial charge < -0.3 is 19.9 Å². The van der Waals surface area contributed by atoms with Crippen molar-refractivity contribution >= 4 is 11.8 Å². The van der Waals surface area contributed by atoms with Crippen LogP contribution in [0.2, 0.25) is 0 Å². The molecule has 0 aliphatic carbocycles. The number of nitrogens with zero attached hydrogens (tertiary/aromatic N) is 4. The predicted molar refractivity (Wildman–Crippen MR) is 105 cm³/mol. The first-order valence-corrected chi connectivity index (χ1v) is 9.51. The molecule has 3 heterocycles. The van der Waals surface area contributed by atoms with Crippen molar-refractivity contribution in [3.63, 3.8) is 0 Å². The molecule has 0 radical (unpaired) electrons. The summed E-state index contributed by atoms with van der Waals surface area (Å²) in [5, 5.41) is 3.40. The third-order valence-corrected chi connectivity index (χ3v) is 5.12. The molecule has 138 valence electrons. The van der Waals surface area contributed by atoms with Crippen molar-refractivity contribution in [3.8, 4) is 11.3 Å². The first-order chi connectivity index (χ1) is 12.8. The zero-order valence-corrected chi connectivity index (χ0v) is 15.4. The van der Waals surface area contributed by atoms with Crippen molar-refractivity contribution < 1.29 is 4.74 Å². The van der Waals surface area contributed by atoms with Crippen LogP contribution >= 0.6 is 0 Å². The molecule has 0 saturated carbocycles. The van der Waals surface area contributed by atoms with Crippen LogP contribution in [0.25, 0.3) is 11.3 Å². The van der Waals surface area contributed by atoms with Gasteiger partial charge in [0.15, 0.2) is 0 Å². The Morgan fingerprint density at radius 3 is 2.65 bits per heavy atom. The van der Waals surface area contributed by atoms with Gasteiger partial charge in [-0.25, -0.2) is 4.98 Å². The average Bonchev–Trinajstić information content (AvgIpc) is 3.21. The molecule has 0 spiro atoms. The minimum absolute atomic E-state index is 0.270. The first-order valence-electron chi connectivity index (χ1n) is 9.51. The van der Waals surface area contributed by atoms with E-state index in [0.717, 1.165) is 69.2 Å². The number of aromatic nitrogens is 2. The molecular weight excluding hydrogens is 326 g/mol. The fourth-order valence-corrected chi connectivity index (χ4v) is 3.48. The largest absolute Gasteiger partial charge is 0.376 e. The molecule has 0 bridgehead atoms. The maximum atomic E-state index is 5.71. The van der Waals surface area contributed by atoms with Gasteiger partial charge in [-0.3, -0.25) is 0 Å². The standard InChI is InChI=1S/C20H27N5O/c1-24-9-11-25(12-10-24)19-14-18(16-6-3-2-4-7-16)22-20(23-19)21-15-17-8-5-13-26-17/h2-4,6-7,14,17H,5,8-13,15H2,1H3,(H,21,22,23). The monoisotopic (exact) mass is 353 g/mol. The molecule has 2 aliphatic heterocycles. The zero-order valence-electron chi connectivity index (χ0n) is 15.4. The highest BCUT2D eigenvalue weighted by molar-refractivity contribution is 5.64. The van der Waals surface area contributed by atoms with Crippen LogP contribution in [0.3, 0.4) is 0 Å². The second-order valence-electron chi connectivity index (χ2n) is 7.11. The third-order valence-electron chi connectivity index (χ3n) is 5.12. The molecule has 1 unspecified atom stereocenters. The van der Waals surface area contributed by atoms with E-state index in [4.69, 9.17) is 14.7 Å². The lowest BCUT2D eigenvalue weighted by molar-refractivity contribution is 0.120. The van der Waals surface area contributed by atoms with Crippen LogP contribution in [0.1, 0.15) is 12.8 Å². The van der Waals surface area contributed by atoms with Gasteiger partial charge in [0.05, 0.1) is 11.8 Å². The topological polar surface area (TPSA) is 53.5 Å². The summed E-state index contributed by atoms with van der Waals surface area (Å²) in [6.07, 6.45) is 2.52. The summed E-state index contributed by atoms with van der Waals surface area (Å²) in [5.74, 6) is 1.69. The molecule has 26 heavy (non-hydrogen) atoms. The lowest BCUT2D eigenvalue weighted by atomic mass is 10.1.